The van der Waals surface area contributed by atoms with Crippen molar-refractivity contribution < 1.29 is 14.0 Å². The molecule has 1 aliphatic heterocycles. The van der Waals surface area contributed by atoms with Crippen LogP contribution in [0.1, 0.15) is 66.4 Å². The number of rotatable bonds is 5. The molecule has 5 rings (SSSR count). The van der Waals surface area contributed by atoms with Gasteiger partial charge in [0.05, 0.1) is 11.3 Å². The Morgan fingerprint density at radius 2 is 1.97 bits per heavy atom. The average Bonchev–Trinajstić information content (AvgIpc) is 3.61. The fourth-order valence-electron chi connectivity index (χ4n) is 4.66. The van der Waals surface area contributed by atoms with E-state index in [1.165, 1.54) is 30.6 Å². The average molecular weight is 454 g/mol. The van der Waals surface area contributed by atoms with Crippen molar-refractivity contribution in [2.45, 2.75) is 50.9 Å². The fourth-order valence-corrected chi connectivity index (χ4v) is 5.63. The van der Waals surface area contributed by atoms with Crippen molar-refractivity contribution in [1.29, 1.82) is 0 Å². The molecule has 4 heterocycles. The summed E-state index contributed by atoms with van der Waals surface area (Å²) in [6.07, 6.45) is 9.10. The molecule has 0 atom stereocenters. The third kappa shape index (κ3) is 4.48. The molecule has 2 aliphatic rings. The van der Waals surface area contributed by atoms with E-state index in [-0.39, 0.29) is 11.8 Å². The summed E-state index contributed by atoms with van der Waals surface area (Å²) < 4.78 is 5.33. The lowest BCUT2D eigenvalue weighted by Gasteiger charge is -2.34. The summed E-state index contributed by atoms with van der Waals surface area (Å²) in [5.74, 6) is 1.66. The lowest BCUT2D eigenvalue weighted by atomic mass is 9.87. The lowest BCUT2D eigenvalue weighted by Crippen LogP contribution is -2.41. The number of nitrogens with one attached hydrogen (secondary N) is 2. The molecule has 2 amide bonds. The van der Waals surface area contributed by atoms with Crippen LogP contribution in [0, 0.1) is 5.92 Å². The number of likely N-dealkylation sites (tertiary alicyclic amines) is 1. The van der Waals surface area contributed by atoms with Crippen LogP contribution in [0.3, 0.4) is 0 Å². The van der Waals surface area contributed by atoms with Crippen molar-refractivity contribution in [3.8, 4) is 11.5 Å². The molecule has 1 aliphatic carbocycles. The topological polar surface area (TPSA) is 104 Å². The Labute approximate surface area is 190 Å². The van der Waals surface area contributed by atoms with E-state index in [1.54, 1.807) is 23.8 Å². The summed E-state index contributed by atoms with van der Waals surface area (Å²) in [5, 5.41) is 12.5. The van der Waals surface area contributed by atoms with Crippen LogP contribution < -0.4 is 5.32 Å². The molecule has 8 nitrogen and oxygen atoms in total. The largest absolute Gasteiger partial charge is 0.463 e. The molecule has 0 unspecified atom stereocenters. The molecule has 2 N–H and O–H groups in total. The Kier molecular flexibility index (Phi) is 6.07. The molecule has 0 spiro atoms. The molecule has 3 aromatic heterocycles. The van der Waals surface area contributed by atoms with Gasteiger partial charge in [0.1, 0.15) is 11.4 Å². The summed E-state index contributed by atoms with van der Waals surface area (Å²) >= 11 is 1.52. The quantitative estimate of drug-likeness (QED) is 0.584. The smallest absolute Gasteiger partial charge is 0.276 e. The molecule has 0 bridgehead atoms. The molecule has 1 saturated carbocycles. The summed E-state index contributed by atoms with van der Waals surface area (Å²) in [4.78, 5) is 32.0. The summed E-state index contributed by atoms with van der Waals surface area (Å²) in [7, 11) is 0. The highest BCUT2D eigenvalue weighted by Gasteiger charge is 2.30. The maximum atomic E-state index is 12.8. The molecular formula is C23H27N5O3S. The number of furan rings is 1. The van der Waals surface area contributed by atoms with Gasteiger partial charge in [-0.05, 0) is 37.8 Å². The van der Waals surface area contributed by atoms with Gasteiger partial charge < -0.3 is 14.6 Å². The predicted octanol–water partition coefficient (Wildman–Crippen LogP) is 4.66. The Hall–Kier alpha value is -2.94. The second-order valence-corrected chi connectivity index (χ2v) is 9.49. The van der Waals surface area contributed by atoms with E-state index in [1.807, 2.05) is 11.0 Å². The van der Waals surface area contributed by atoms with Crippen LogP contribution in [0.2, 0.25) is 0 Å². The number of nitrogens with zero attached hydrogens (tertiary/aromatic N) is 3. The van der Waals surface area contributed by atoms with Crippen LogP contribution in [-0.4, -0.2) is 45.0 Å². The standard InChI is InChI=1S/C23H27N5O3S/c29-21(25-20-13-17(26-27-20)19-7-4-12-31-19)18-14-32-22(24-18)15-8-10-28(11-9-15)23(30)16-5-2-1-3-6-16/h4,7,12-16H,1-3,5-6,8-11H2,(H2,25,26,27,29). The highest BCUT2D eigenvalue weighted by molar-refractivity contribution is 7.10. The number of carbonyl (C=O) groups excluding carboxylic acids is 2. The van der Waals surface area contributed by atoms with E-state index < -0.39 is 0 Å². The number of amides is 2. The zero-order chi connectivity index (χ0) is 21.9. The maximum Gasteiger partial charge on any atom is 0.276 e. The summed E-state index contributed by atoms with van der Waals surface area (Å²) in [5.41, 5.74) is 1.09. The number of hydrogen-bond acceptors (Lipinski definition) is 6. The van der Waals surface area contributed by atoms with Crippen LogP contribution in [-0.2, 0) is 4.79 Å². The zero-order valence-electron chi connectivity index (χ0n) is 17.9. The highest BCUT2D eigenvalue weighted by Crippen LogP contribution is 2.33. The zero-order valence-corrected chi connectivity index (χ0v) is 18.7. The van der Waals surface area contributed by atoms with Gasteiger partial charge in [0, 0.05) is 36.4 Å². The van der Waals surface area contributed by atoms with Crippen molar-refractivity contribution in [3.05, 3.63) is 40.5 Å². The Morgan fingerprint density at radius 3 is 2.72 bits per heavy atom. The first-order valence-corrected chi connectivity index (χ1v) is 12.2. The van der Waals surface area contributed by atoms with Gasteiger partial charge in [0.15, 0.2) is 11.6 Å². The molecule has 0 aromatic carbocycles. The fraction of sp³-hybridized carbons (Fsp3) is 0.478. The molecule has 3 aromatic rings. The number of anilines is 1. The van der Waals surface area contributed by atoms with Gasteiger partial charge in [-0.15, -0.1) is 11.3 Å². The molecular weight excluding hydrogens is 426 g/mol. The first-order valence-electron chi connectivity index (χ1n) is 11.3. The first-order chi connectivity index (χ1) is 15.7. The maximum absolute atomic E-state index is 12.8. The molecule has 1 saturated heterocycles. The van der Waals surface area contributed by atoms with E-state index in [0.29, 0.717) is 34.8 Å². The van der Waals surface area contributed by atoms with Crippen molar-refractivity contribution >= 4 is 29.0 Å². The Bertz CT molecular complexity index is 1060. The number of aromatic amines is 1. The van der Waals surface area contributed by atoms with Gasteiger partial charge in [-0.1, -0.05) is 19.3 Å². The number of H-pyrrole nitrogens is 1. The van der Waals surface area contributed by atoms with E-state index in [0.717, 1.165) is 43.8 Å². The lowest BCUT2D eigenvalue weighted by molar-refractivity contribution is -0.137. The molecule has 9 heteroatoms. The normalized spacial score (nSPS) is 18.1. The van der Waals surface area contributed by atoms with Gasteiger partial charge in [0.25, 0.3) is 5.91 Å². The minimum Gasteiger partial charge on any atom is -0.463 e. The number of piperidine rings is 1. The highest BCUT2D eigenvalue weighted by atomic mass is 32.1. The monoisotopic (exact) mass is 453 g/mol. The molecule has 32 heavy (non-hydrogen) atoms. The van der Waals surface area contributed by atoms with Crippen molar-refractivity contribution in [3.63, 3.8) is 0 Å². The SMILES string of the molecule is O=C(Nc1cc(-c2ccco2)[nH]n1)c1csc(C2CCN(C(=O)C3CCCCC3)CC2)n1. The van der Waals surface area contributed by atoms with Gasteiger partial charge >= 0.3 is 0 Å². The van der Waals surface area contributed by atoms with Crippen molar-refractivity contribution in [2.75, 3.05) is 18.4 Å². The van der Waals surface area contributed by atoms with E-state index in [9.17, 15) is 9.59 Å². The number of hydrogen-bond donors (Lipinski definition) is 2. The van der Waals surface area contributed by atoms with Gasteiger partial charge in [0.2, 0.25) is 5.91 Å². The van der Waals surface area contributed by atoms with Crippen molar-refractivity contribution in [2.24, 2.45) is 5.92 Å². The second-order valence-electron chi connectivity index (χ2n) is 8.60. The van der Waals surface area contributed by atoms with E-state index in [2.05, 4.69) is 20.5 Å². The van der Waals surface area contributed by atoms with Crippen LogP contribution in [0.4, 0.5) is 5.82 Å². The minimum absolute atomic E-state index is 0.228. The number of carbonyl (C=O) groups is 2. The molecule has 0 radical (unpaired) electrons. The Balaban J connectivity index is 1.15. The minimum atomic E-state index is -0.282. The van der Waals surface area contributed by atoms with Crippen LogP contribution in [0.25, 0.3) is 11.5 Å². The third-order valence-electron chi connectivity index (χ3n) is 6.47. The first kappa shape index (κ1) is 20.9. The number of aromatic nitrogens is 3. The molecule has 2 fully saturated rings. The Morgan fingerprint density at radius 1 is 1.16 bits per heavy atom. The van der Waals surface area contributed by atoms with Crippen LogP contribution >= 0.6 is 11.3 Å². The van der Waals surface area contributed by atoms with Gasteiger partial charge in [-0.2, -0.15) is 5.10 Å². The third-order valence-corrected chi connectivity index (χ3v) is 7.48. The van der Waals surface area contributed by atoms with Gasteiger partial charge in [-0.3, -0.25) is 14.7 Å². The summed E-state index contributed by atoms with van der Waals surface area (Å²) in [6, 6.07) is 5.34. The van der Waals surface area contributed by atoms with Crippen LogP contribution in [0.15, 0.2) is 34.3 Å². The molecule has 168 valence electrons. The van der Waals surface area contributed by atoms with E-state index >= 15 is 0 Å². The predicted molar refractivity (Wildman–Crippen MR) is 121 cm³/mol. The second kappa shape index (κ2) is 9.28. The number of thiazole rings is 1. The van der Waals surface area contributed by atoms with E-state index in [4.69, 9.17) is 4.42 Å². The van der Waals surface area contributed by atoms with Crippen LogP contribution in [0.5, 0.6) is 0 Å². The van der Waals surface area contributed by atoms with Gasteiger partial charge in [-0.25, -0.2) is 4.98 Å². The van der Waals surface area contributed by atoms with Crippen molar-refractivity contribution in [1.82, 2.24) is 20.1 Å². The summed E-state index contributed by atoms with van der Waals surface area (Å²) in [6.45, 7) is 1.56.